The maximum absolute atomic E-state index is 5.84. The van der Waals surface area contributed by atoms with E-state index in [1.165, 1.54) is 4.88 Å². The van der Waals surface area contributed by atoms with Gasteiger partial charge < -0.3 is 10.5 Å². The summed E-state index contributed by atoms with van der Waals surface area (Å²) in [5, 5.41) is 2.11. The molecule has 1 aromatic rings. The standard InChI is InChI=1S/C12H22N2OS/c1-10(9-15-3)12(7-13)14(2)8-11-5-4-6-16-11/h4-6,10,12H,7-9,13H2,1-3H3. The van der Waals surface area contributed by atoms with Crippen LogP contribution in [0.4, 0.5) is 0 Å². The summed E-state index contributed by atoms with van der Waals surface area (Å²) in [6, 6.07) is 4.63. The molecule has 0 saturated carbocycles. The van der Waals surface area contributed by atoms with Gasteiger partial charge in [-0.05, 0) is 24.4 Å². The molecule has 92 valence electrons. The zero-order chi connectivity index (χ0) is 12.0. The molecule has 4 heteroatoms. The van der Waals surface area contributed by atoms with Crippen molar-refractivity contribution < 1.29 is 4.74 Å². The molecule has 3 nitrogen and oxygen atoms in total. The van der Waals surface area contributed by atoms with Gasteiger partial charge in [0.25, 0.3) is 0 Å². The summed E-state index contributed by atoms with van der Waals surface area (Å²) in [7, 11) is 3.87. The van der Waals surface area contributed by atoms with Crippen molar-refractivity contribution >= 4 is 11.3 Å². The minimum atomic E-state index is 0.377. The van der Waals surface area contributed by atoms with Gasteiger partial charge in [0.2, 0.25) is 0 Å². The second-order valence-corrected chi connectivity index (χ2v) is 5.26. The van der Waals surface area contributed by atoms with Gasteiger partial charge in [-0.2, -0.15) is 0 Å². The highest BCUT2D eigenvalue weighted by atomic mass is 32.1. The topological polar surface area (TPSA) is 38.5 Å². The van der Waals surface area contributed by atoms with E-state index in [4.69, 9.17) is 10.5 Å². The fourth-order valence-electron chi connectivity index (χ4n) is 1.99. The molecule has 1 heterocycles. The lowest BCUT2D eigenvalue weighted by molar-refractivity contribution is 0.0957. The highest BCUT2D eigenvalue weighted by Crippen LogP contribution is 2.16. The molecule has 16 heavy (non-hydrogen) atoms. The number of likely N-dealkylation sites (N-methyl/N-ethyl adjacent to an activating group) is 1. The molecule has 0 spiro atoms. The fraction of sp³-hybridized carbons (Fsp3) is 0.667. The van der Waals surface area contributed by atoms with E-state index >= 15 is 0 Å². The van der Waals surface area contributed by atoms with Gasteiger partial charge in [-0.15, -0.1) is 11.3 Å². The Hall–Kier alpha value is -0.420. The summed E-state index contributed by atoms with van der Waals surface area (Å²) in [5.41, 5.74) is 5.84. The lowest BCUT2D eigenvalue weighted by atomic mass is 10.0. The molecule has 1 rings (SSSR count). The summed E-state index contributed by atoms with van der Waals surface area (Å²) < 4.78 is 5.19. The number of nitrogens with two attached hydrogens (primary N) is 1. The molecule has 0 aliphatic carbocycles. The summed E-state index contributed by atoms with van der Waals surface area (Å²) in [4.78, 5) is 3.70. The Labute approximate surface area is 102 Å². The molecule has 0 radical (unpaired) electrons. The van der Waals surface area contributed by atoms with Gasteiger partial charge in [0.15, 0.2) is 0 Å². The van der Waals surface area contributed by atoms with E-state index in [9.17, 15) is 0 Å². The van der Waals surface area contributed by atoms with Crippen LogP contribution in [-0.4, -0.2) is 38.3 Å². The maximum atomic E-state index is 5.84. The van der Waals surface area contributed by atoms with Crippen molar-refractivity contribution in [3.8, 4) is 0 Å². The Morgan fingerprint density at radius 1 is 1.56 bits per heavy atom. The Morgan fingerprint density at radius 3 is 2.81 bits per heavy atom. The summed E-state index contributed by atoms with van der Waals surface area (Å²) in [5.74, 6) is 0.458. The van der Waals surface area contributed by atoms with Crippen molar-refractivity contribution in [3.05, 3.63) is 22.4 Å². The van der Waals surface area contributed by atoms with E-state index < -0.39 is 0 Å². The first-order valence-corrected chi connectivity index (χ1v) is 6.48. The Kier molecular flexibility index (Phi) is 5.98. The van der Waals surface area contributed by atoms with E-state index in [1.54, 1.807) is 18.4 Å². The van der Waals surface area contributed by atoms with Gasteiger partial charge in [0, 0.05) is 31.1 Å². The van der Waals surface area contributed by atoms with Gasteiger partial charge in [0.1, 0.15) is 0 Å². The van der Waals surface area contributed by atoms with Crippen LogP contribution in [0.2, 0.25) is 0 Å². The Morgan fingerprint density at radius 2 is 2.31 bits per heavy atom. The molecule has 2 atom stereocenters. The molecule has 0 aliphatic rings. The van der Waals surface area contributed by atoms with Crippen LogP contribution >= 0.6 is 11.3 Å². The van der Waals surface area contributed by atoms with Gasteiger partial charge in [-0.25, -0.2) is 0 Å². The highest BCUT2D eigenvalue weighted by Gasteiger charge is 2.20. The van der Waals surface area contributed by atoms with Crippen LogP contribution in [0, 0.1) is 5.92 Å². The average molecular weight is 242 g/mol. The van der Waals surface area contributed by atoms with Crippen LogP contribution in [-0.2, 0) is 11.3 Å². The monoisotopic (exact) mass is 242 g/mol. The van der Waals surface area contributed by atoms with Gasteiger partial charge in [-0.1, -0.05) is 13.0 Å². The second-order valence-electron chi connectivity index (χ2n) is 4.23. The molecule has 0 fully saturated rings. The average Bonchev–Trinajstić information content (AvgIpc) is 2.71. The van der Waals surface area contributed by atoms with E-state index in [-0.39, 0.29) is 0 Å². The maximum Gasteiger partial charge on any atom is 0.0503 e. The van der Waals surface area contributed by atoms with E-state index in [0.717, 1.165) is 13.2 Å². The van der Waals surface area contributed by atoms with Crippen LogP contribution < -0.4 is 5.73 Å². The minimum absolute atomic E-state index is 0.377. The third-order valence-corrected chi connectivity index (χ3v) is 3.74. The summed E-state index contributed by atoms with van der Waals surface area (Å²) in [6.07, 6.45) is 0. The van der Waals surface area contributed by atoms with Gasteiger partial charge >= 0.3 is 0 Å². The van der Waals surface area contributed by atoms with Crippen molar-refractivity contribution in [1.29, 1.82) is 0 Å². The first-order chi connectivity index (χ1) is 7.69. The van der Waals surface area contributed by atoms with E-state index in [1.807, 2.05) is 0 Å². The number of thiophene rings is 1. The number of ether oxygens (including phenoxy) is 1. The van der Waals surface area contributed by atoms with Crippen LogP contribution in [0.3, 0.4) is 0 Å². The molecule has 0 bridgehead atoms. The highest BCUT2D eigenvalue weighted by molar-refractivity contribution is 7.09. The van der Waals surface area contributed by atoms with Crippen LogP contribution in [0.25, 0.3) is 0 Å². The summed E-state index contributed by atoms with van der Waals surface area (Å²) in [6.45, 7) is 4.59. The Balaban J connectivity index is 2.51. The van der Waals surface area contributed by atoms with Gasteiger partial charge in [-0.3, -0.25) is 4.90 Å². The fourth-order valence-corrected chi connectivity index (χ4v) is 2.75. The SMILES string of the molecule is COCC(C)C(CN)N(C)Cc1cccs1. The molecule has 0 amide bonds. The van der Waals surface area contributed by atoms with E-state index in [0.29, 0.717) is 18.5 Å². The molecular formula is C12H22N2OS. The van der Waals surface area contributed by atoms with Crippen molar-refractivity contribution in [1.82, 2.24) is 4.90 Å². The molecule has 2 N–H and O–H groups in total. The normalized spacial score (nSPS) is 15.3. The Bertz CT molecular complexity index is 277. The lowest BCUT2D eigenvalue weighted by Gasteiger charge is -2.31. The predicted octanol–water partition coefficient (Wildman–Crippen LogP) is 1.79. The third kappa shape index (κ3) is 3.87. The molecule has 0 saturated heterocycles. The number of hydrogen-bond donors (Lipinski definition) is 1. The quantitative estimate of drug-likeness (QED) is 0.792. The predicted molar refractivity (Wildman–Crippen MR) is 69.7 cm³/mol. The molecular weight excluding hydrogens is 220 g/mol. The van der Waals surface area contributed by atoms with Crippen molar-refractivity contribution in [2.75, 3.05) is 27.3 Å². The first kappa shape index (κ1) is 13.6. The molecule has 2 unspecified atom stereocenters. The van der Waals surface area contributed by atoms with Crippen LogP contribution in [0.15, 0.2) is 17.5 Å². The summed E-state index contributed by atoms with van der Waals surface area (Å²) >= 11 is 1.79. The van der Waals surface area contributed by atoms with Gasteiger partial charge in [0.05, 0.1) is 6.61 Å². The molecule has 1 aromatic heterocycles. The number of rotatable bonds is 7. The molecule has 0 aliphatic heterocycles. The van der Waals surface area contributed by atoms with Crippen molar-refractivity contribution in [3.63, 3.8) is 0 Å². The third-order valence-electron chi connectivity index (χ3n) is 2.88. The largest absolute Gasteiger partial charge is 0.384 e. The van der Waals surface area contributed by atoms with Crippen LogP contribution in [0.5, 0.6) is 0 Å². The zero-order valence-electron chi connectivity index (χ0n) is 10.3. The number of nitrogens with zero attached hydrogens (tertiary/aromatic N) is 1. The van der Waals surface area contributed by atoms with Crippen molar-refractivity contribution in [2.45, 2.75) is 19.5 Å². The minimum Gasteiger partial charge on any atom is -0.384 e. The smallest absolute Gasteiger partial charge is 0.0503 e. The number of hydrogen-bond acceptors (Lipinski definition) is 4. The van der Waals surface area contributed by atoms with Crippen molar-refractivity contribution in [2.24, 2.45) is 11.7 Å². The lowest BCUT2D eigenvalue weighted by Crippen LogP contribution is -2.43. The zero-order valence-corrected chi connectivity index (χ0v) is 11.2. The van der Waals surface area contributed by atoms with E-state index in [2.05, 4.69) is 36.4 Å². The van der Waals surface area contributed by atoms with Crippen LogP contribution in [0.1, 0.15) is 11.8 Å². The molecule has 0 aromatic carbocycles. The number of methoxy groups -OCH3 is 1. The first-order valence-electron chi connectivity index (χ1n) is 5.60. The second kappa shape index (κ2) is 7.01.